The minimum absolute atomic E-state index is 0.912. The van der Waals surface area contributed by atoms with Crippen molar-refractivity contribution in [3.8, 4) is 22.5 Å². The highest BCUT2D eigenvalue weighted by atomic mass is 16.3. The number of rotatable bonds is 5. The predicted molar refractivity (Wildman–Crippen MR) is 164 cm³/mol. The van der Waals surface area contributed by atoms with E-state index in [-0.39, 0.29) is 0 Å². The Morgan fingerprint density at radius 2 is 1.08 bits per heavy atom. The lowest BCUT2D eigenvalue weighted by atomic mass is 10.0. The molecule has 0 saturated carbocycles. The Kier molecular flexibility index (Phi) is 5.71. The summed E-state index contributed by atoms with van der Waals surface area (Å²) in [5, 5.41) is 3.59. The number of hydrogen-bond donors (Lipinski definition) is 0. The predicted octanol–water partition coefficient (Wildman–Crippen LogP) is 10.7. The van der Waals surface area contributed by atoms with Gasteiger partial charge in [0, 0.05) is 33.6 Å². The number of anilines is 3. The Bertz CT molecular complexity index is 1930. The van der Waals surface area contributed by atoms with Crippen molar-refractivity contribution in [3.63, 3.8) is 0 Å². The van der Waals surface area contributed by atoms with Gasteiger partial charge in [0.05, 0.1) is 0 Å². The van der Waals surface area contributed by atoms with Crippen molar-refractivity contribution < 1.29 is 4.42 Å². The highest BCUT2D eigenvalue weighted by molar-refractivity contribution is 5.91. The lowest BCUT2D eigenvalue weighted by molar-refractivity contribution is 0.629. The number of nitrogens with zero attached hydrogens (tertiary/aromatic N) is 1. The van der Waals surface area contributed by atoms with E-state index in [1.807, 2.05) is 12.1 Å². The zero-order chi connectivity index (χ0) is 26.2. The van der Waals surface area contributed by atoms with E-state index >= 15 is 0 Å². The third kappa shape index (κ3) is 4.26. The average Bonchev–Trinajstić information content (AvgIpc) is 3.34. The molecule has 0 atom stereocenters. The fourth-order valence-corrected chi connectivity index (χ4v) is 5.45. The third-order valence-corrected chi connectivity index (χ3v) is 7.41. The second-order valence-electron chi connectivity index (χ2n) is 9.89. The van der Waals surface area contributed by atoms with Gasteiger partial charge in [-0.1, -0.05) is 103 Å². The van der Waals surface area contributed by atoms with E-state index in [4.69, 9.17) is 4.42 Å². The molecule has 0 aliphatic rings. The Morgan fingerprint density at radius 3 is 1.87 bits per heavy atom. The first-order chi connectivity index (χ1) is 19.2. The maximum atomic E-state index is 6.35. The van der Waals surface area contributed by atoms with Crippen LogP contribution in [-0.4, -0.2) is 0 Å². The SMILES string of the molecule is Cc1c(-c2cccc(N(c3cccc(-c4ccccc4)c3)c3ccc4ccccc4c3)c2)oc2ccccc12. The summed E-state index contributed by atoms with van der Waals surface area (Å²) < 4.78 is 6.35. The first-order valence-electron chi connectivity index (χ1n) is 13.3. The van der Waals surface area contributed by atoms with Gasteiger partial charge in [-0.05, 0) is 71.3 Å². The summed E-state index contributed by atoms with van der Waals surface area (Å²) in [5.74, 6) is 0.912. The van der Waals surface area contributed by atoms with Gasteiger partial charge in [-0.3, -0.25) is 0 Å². The maximum Gasteiger partial charge on any atom is 0.138 e. The van der Waals surface area contributed by atoms with Gasteiger partial charge in [-0.25, -0.2) is 0 Å². The van der Waals surface area contributed by atoms with Crippen LogP contribution in [0.25, 0.3) is 44.2 Å². The van der Waals surface area contributed by atoms with Crippen LogP contribution in [0.3, 0.4) is 0 Å². The summed E-state index contributed by atoms with van der Waals surface area (Å²) >= 11 is 0. The van der Waals surface area contributed by atoms with Gasteiger partial charge < -0.3 is 9.32 Å². The average molecular weight is 502 g/mol. The van der Waals surface area contributed by atoms with E-state index in [1.54, 1.807) is 0 Å². The molecule has 2 heteroatoms. The zero-order valence-electron chi connectivity index (χ0n) is 21.7. The number of furan rings is 1. The standard InChI is InChI=1S/C37H27NO/c1-26-35-19-7-8-20-36(35)39-37(26)31-16-10-18-33(25-31)38(34-22-21-28-13-5-6-14-29(28)24-34)32-17-9-15-30(23-32)27-11-3-2-4-12-27/h2-25H,1H3. The summed E-state index contributed by atoms with van der Waals surface area (Å²) in [6, 6.07) is 51.4. The largest absolute Gasteiger partial charge is 0.456 e. The molecular formula is C37H27NO. The van der Waals surface area contributed by atoms with Gasteiger partial charge in [0.2, 0.25) is 0 Å². The molecule has 0 bridgehead atoms. The normalized spacial score (nSPS) is 11.2. The van der Waals surface area contributed by atoms with Crippen LogP contribution in [0.5, 0.6) is 0 Å². The van der Waals surface area contributed by atoms with Gasteiger partial charge in [0.1, 0.15) is 11.3 Å². The minimum atomic E-state index is 0.912. The Hall–Kier alpha value is -5.08. The second kappa shape index (κ2) is 9.66. The Morgan fingerprint density at radius 1 is 0.462 bits per heavy atom. The van der Waals surface area contributed by atoms with E-state index in [2.05, 4.69) is 145 Å². The van der Waals surface area contributed by atoms with Crippen molar-refractivity contribution in [3.05, 3.63) is 151 Å². The Balaban J connectivity index is 1.41. The topological polar surface area (TPSA) is 16.4 Å². The summed E-state index contributed by atoms with van der Waals surface area (Å²) in [6.07, 6.45) is 0. The van der Waals surface area contributed by atoms with Gasteiger partial charge in [-0.15, -0.1) is 0 Å². The fourth-order valence-electron chi connectivity index (χ4n) is 5.45. The summed E-state index contributed by atoms with van der Waals surface area (Å²) in [6.45, 7) is 2.14. The van der Waals surface area contributed by atoms with Gasteiger partial charge >= 0.3 is 0 Å². The molecule has 0 radical (unpaired) electrons. The van der Waals surface area contributed by atoms with Crippen molar-refractivity contribution in [1.82, 2.24) is 0 Å². The van der Waals surface area contributed by atoms with Crippen LogP contribution >= 0.6 is 0 Å². The highest BCUT2D eigenvalue weighted by Gasteiger charge is 2.17. The molecule has 0 saturated heterocycles. The van der Waals surface area contributed by atoms with E-state index in [1.165, 1.54) is 21.9 Å². The molecular weight excluding hydrogens is 474 g/mol. The third-order valence-electron chi connectivity index (χ3n) is 7.41. The van der Waals surface area contributed by atoms with Crippen LogP contribution in [-0.2, 0) is 0 Å². The van der Waals surface area contributed by atoms with Crippen molar-refractivity contribution in [2.45, 2.75) is 6.92 Å². The van der Waals surface area contributed by atoms with E-state index in [0.717, 1.165) is 44.9 Å². The maximum absolute atomic E-state index is 6.35. The van der Waals surface area contributed by atoms with Crippen LogP contribution in [0.2, 0.25) is 0 Å². The quantitative estimate of drug-likeness (QED) is 0.233. The molecule has 1 heterocycles. The van der Waals surface area contributed by atoms with E-state index < -0.39 is 0 Å². The molecule has 1 aromatic heterocycles. The molecule has 0 fully saturated rings. The molecule has 0 aliphatic carbocycles. The number of aryl methyl sites for hydroxylation is 1. The number of benzene rings is 6. The molecule has 39 heavy (non-hydrogen) atoms. The number of fused-ring (bicyclic) bond motifs is 2. The van der Waals surface area contributed by atoms with E-state index in [0.29, 0.717) is 0 Å². The number of para-hydroxylation sites is 1. The second-order valence-corrected chi connectivity index (χ2v) is 9.89. The summed E-state index contributed by atoms with van der Waals surface area (Å²) in [5.41, 5.74) is 8.80. The molecule has 7 aromatic rings. The molecule has 0 aliphatic heterocycles. The zero-order valence-corrected chi connectivity index (χ0v) is 21.7. The highest BCUT2D eigenvalue weighted by Crippen LogP contribution is 2.40. The molecule has 7 rings (SSSR count). The molecule has 186 valence electrons. The molecule has 0 unspecified atom stereocenters. The lowest BCUT2D eigenvalue weighted by Crippen LogP contribution is -2.10. The molecule has 2 nitrogen and oxygen atoms in total. The van der Waals surface area contributed by atoms with E-state index in [9.17, 15) is 0 Å². The number of hydrogen-bond acceptors (Lipinski definition) is 2. The van der Waals surface area contributed by atoms with Crippen molar-refractivity contribution >= 4 is 38.8 Å². The smallest absolute Gasteiger partial charge is 0.138 e. The minimum Gasteiger partial charge on any atom is -0.456 e. The lowest BCUT2D eigenvalue weighted by Gasteiger charge is -2.27. The molecule has 6 aromatic carbocycles. The van der Waals surface area contributed by atoms with Crippen LogP contribution in [0, 0.1) is 6.92 Å². The first-order valence-corrected chi connectivity index (χ1v) is 13.3. The van der Waals surface area contributed by atoms with Gasteiger partial charge in [-0.2, -0.15) is 0 Å². The van der Waals surface area contributed by atoms with Crippen LogP contribution in [0.4, 0.5) is 17.1 Å². The Labute approximate surface area is 228 Å². The molecule has 0 spiro atoms. The molecule has 0 N–H and O–H groups in total. The monoisotopic (exact) mass is 501 g/mol. The van der Waals surface area contributed by atoms with Crippen molar-refractivity contribution in [2.24, 2.45) is 0 Å². The van der Waals surface area contributed by atoms with Crippen molar-refractivity contribution in [2.75, 3.05) is 4.90 Å². The van der Waals surface area contributed by atoms with Gasteiger partial charge in [0.15, 0.2) is 0 Å². The summed E-state index contributed by atoms with van der Waals surface area (Å²) in [7, 11) is 0. The van der Waals surface area contributed by atoms with Crippen LogP contribution < -0.4 is 4.90 Å². The molecule has 0 amide bonds. The summed E-state index contributed by atoms with van der Waals surface area (Å²) in [4.78, 5) is 2.33. The van der Waals surface area contributed by atoms with Gasteiger partial charge in [0.25, 0.3) is 0 Å². The van der Waals surface area contributed by atoms with Crippen LogP contribution in [0.1, 0.15) is 5.56 Å². The fraction of sp³-hybridized carbons (Fsp3) is 0.0270. The van der Waals surface area contributed by atoms with Crippen LogP contribution in [0.15, 0.2) is 150 Å². The van der Waals surface area contributed by atoms with Crippen molar-refractivity contribution in [1.29, 1.82) is 0 Å². The first kappa shape index (κ1) is 23.1.